The Kier molecular flexibility index (Phi) is 4.73. The Balaban J connectivity index is 3.11. The van der Waals surface area contributed by atoms with Crippen LogP contribution < -0.4 is 0 Å². The van der Waals surface area contributed by atoms with Gasteiger partial charge >= 0.3 is 0 Å². The van der Waals surface area contributed by atoms with Crippen LogP contribution in [0.1, 0.15) is 19.8 Å². The van der Waals surface area contributed by atoms with Crippen molar-refractivity contribution in [3.05, 3.63) is 0 Å². The largest absolute Gasteiger partial charge is 0.0654 e. The fourth-order valence-corrected chi connectivity index (χ4v) is 1.91. The van der Waals surface area contributed by atoms with Gasteiger partial charge in [-0.3, -0.25) is 0 Å². The van der Waals surface area contributed by atoms with Crippen LogP contribution in [0.2, 0.25) is 0 Å². The van der Waals surface area contributed by atoms with Crippen LogP contribution in [0.4, 0.5) is 0 Å². The van der Waals surface area contributed by atoms with Gasteiger partial charge in [-0.05, 0) is 46.1 Å². The summed E-state index contributed by atoms with van der Waals surface area (Å²) in [5, 5.41) is 0. The second-order valence-electron chi connectivity index (χ2n) is 1.56. The first kappa shape index (κ1) is 9.22. The Morgan fingerprint density at radius 1 is 1.25 bits per heavy atom. The fourth-order valence-electron chi connectivity index (χ4n) is 0.308. The Labute approximate surface area is 65.3 Å². The molecule has 52 valence electrons. The summed E-state index contributed by atoms with van der Waals surface area (Å²) < 4.78 is 0. The molecule has 0 rings (SSSR count). The van der Waals surface area contributed by atoms with Crippen molar-refractivity contribution >= 4 is 39.7 Å². The van der Waals surface area contributed by atoms with E-state index in [1.807, 2.05) is 0 Å². The summed E-state index contributed by atoms with van der Waals surface area (Å²) in [6.07, 6.45) is 2.12. The van der Waals surface area contributed by atoms with E-state index in [4.69, 9.17) is 32.0 Å². The molecule has 0 aliphatic heterocycles. The number of halogens is 3. The predicted octanol–water partition coefficient (Wildman–Crippen LogP) is 4.05. The normalized spacial score (nSPS) is 14.0. The molecule has 0 aromatic rings. The van der Waals surface area contributed by atoms with Gasteiger partial charge in [-0.2, -0.15) is 0 Å². The Bertz CT molecular complexity index is 58.8. The highest BCUT2D eigenvalue weighted by atomic mass is 36.2. The zero-order valence-corrected chi connectivity index (χ0v) is 7.75. The molecule has 0 N–H and O–H groups in total. The second kappa shape index (κ2) is 4.10. The lowest BCUT2D eigenvalue weighted by Crippen LogP contribution is -1.80. The molecule has 0 unspecified atom stereocenters. The van der Waals surface area contributed by atoms with E-state index in [1.165, 1.54) is 0 Å². The van der Waals surface area contributed by atoms with Gasteiger partial charge in [0.1, 0.15) is 0 Å². The van der Waals surface area contributed by atoms with Gasteiger partial charge in [-0.25, -0.2) is 0 Å². The lowest BCUT2D eigenvalue weighted by molar-refractivity contribution is 0.897. The molecule has 0 aliphatic carbocycles. The molecule has 0 bridgehead atoms. The van der Waals surface area contributed by atoms with Gasteiger partial charge in [0.05, 0.1) is 0 Å². The van der Waals surface area contributed by atoms with Crippen molar-refractivity contribution in [2.24, 2.45) is 0 Å². The molecule has 0 aromatic heterocycles. The third-order valence-electron chi connectivity index (χ3n) is 0.729. The number of hydrogen-bond donors (Lipinski definition) is 0. The van der Waals surface area contributed by atoms with Gasteiger partial charge < -0.3 is 0 Å². The van der Waals surface area contributed by atoms with Gasteiger partial charge in [0, 0.05) is 5.75 Å². The average Bonchev–Trinajstić information content (AvgIpc) is 1.59. The molecule has 4 heteroatoms. The third kappa shape index (κ3) is 7.22. The van der Waals surface area contributed by atoms with E-state index in [-0.39, 0.29) is 0 Å². The molecule has 0 saturated heterocycles. The van der Waals surface area contributed by atoms with Crippen LogP contribution in [0.5, 0.6) is 0 Å². The van der Waals surface area contributed by atoms with Crippen LogP contribution >= 0.6 is 39.7 Å². The summed E-state index contributed by atoms with van der Waals surface area (Å²) in [5.41, 5.74) is 0. The van der Waals surface area contributed by atoms with Gasteiger partial charge in [-0.1, -0.05) is 13.3 Å². The topological polar surface area (TPSA) is 0 Å². The highest BCUT2D eigenvalue weighted by Crippen LogP contribution is 2.63. The standard InChI is InChI=1S/C4H9Cl3S/c1-2-3-4-8(5,6)7/h2-4H2,1H3. The highest BCUT2D eigenvalue weighted by Gasteiger charge is 2.10. The van der Waals surface area contributed by atoms with Crippen LogP contribution in [-0.2, 0) is 0 Å². The van der Waals surface area contributed by atoms with Crippen molar-refractivity contribution in [2.75, 3.05) is 5.75 Å². The molecule has 0 nitrogen and oxygen atoms in total. The first-order valence-corrected chi connectivity index (χ1v) is 6.74. The molecule has 0 spiro atoms. The molecular weight excluding hydrogens is 186 g/mol. The highest BCUT2D eigenvalue weighted by molar-refractivity contribution is 8.79. The fraction of sp³-hybridized carbons (Fsp3) is 1.00. The molecule has 0 heterocycles. The summed E-state index contributed by atoms with van der Waals surface area (Å²) in [6, 6.07) is 0. The lowest BCUT2D eigenvalue weighted by Gasteiger charge is -2.13. The zero-order chi connectivity index (χ0) is 6.62. The smallest absolute Gasteiger partial charge is 0.0164 e. The van der Waals surface area contributed by atoms with Gasteiger partial charge in [0.25, 0.3) is 0 Å². The van der Waals surface area contributed by atoms with E-state index >= 15 is 0 Å². The molecule has 0 saturated carbocycles. The third-order valence-corrected chi connectivity index (χ3v) is 2.87. The van der Waals surface area contributed by atoms with Crippen molar-refractivity contribution in [2.45, 2.75) is 19.8 Å². The quantitative estimate of drug-likeness (QED) is 0.637. The van der Waals surface area contributed by atoms with Gasteiger partial charge in [-0.15, -0.1) is 0 Å². The molecule has 8 heavy (non-hydrogen) atoms. The van der Waals surface area contributed by atoms with Crippen LogP contribution in [0.15, 0.2) is 0 Å². The molecule has 0 aromatic carbocycles. The van der Waals surface area contributed by atoms with Gasteiger partial charge in [0.15, 0.2) is 0 Å². The maximum absolute atomic E-state index is 5.53. The summed E-state index contributed by atoms with van der Waals surface area (Å²) in [6.45, 7) is 2.08. The maximum atomic E-state index is 5.53. The average molecular weight is 196 g/mol. The van der Waals surface area contributed by atoms with Crippen molar-refractivity contribution in [1.29, 1.82) is 0 Å². The number of unbranched alkanes of at least 4 members (excludes halogenated alkanes) is 1. The Morgan fingerprint density at radius 3 is 1.88 bits per heavy atom. The SMILES string of the molecule is CCCCS(Cl)(Cl)Cl. The first-order chi connectivity index (χ1) is 3.56. The van der Waals surface area contributed by atoms with Crippen LogP contribution in [0, 0.1) is 0 Å². The minimum absolute atomic E-state index is 0.744. The summed E-state index contributed by atoms with van der Waals surface area (Å²) >= 11 is 0. The van der Waals surface area contributed by atoms with Crippen molar-refractivity contribution in [3.63, 3.8) is 0 Å². The second-order valence-corrected chi connectivity index (χ2v) is 9.14. The van der Waals surface area contributed by atoms with Crippen molar-refractivity contribution in [3.8, 4) is 0 Å². The van der Waals surface area contributed by atoms with E-state index in [0.29, 0.717) is 0 Å². The van der Waals surface area contributed by atoms with E-state index in [2.05, 4.69) is 6.92 Å². The summed E-state index contributed by atoms with van der Waals surface area (Å²) in [7, 11) is 14.8. The molecule has 0 aliphatic rings. The molecular formula is C4H9Cl3S. The lowest BCUT2D eigenvalue weighted by atomic mass is 10.4. The van der Waals surface area contributed by atoms with Crippen molar-refractivity contribution < 1.29 is 0 Å². The predicted molar refractivity (Wildman–Crippen MR) is 44.9 cm³/mol. The molecule has 0 radical (unpaired) electrons. The number of hydrogen-bond acceptors (Lipinski definition) is 0. The zero-order valence-electron chi connectivity index (χ0n) is 4.66. The van der Waals surface area contributed by atoms with E-state index in [9.17, 15) is 0 Å². The van der Waals surface area contributed by atoms with E-state index in [1.54, 1.807) is 0 Å². The summed E-state index contributed by atoms with van der Waals surface area (Å²) in [4.78, 5) is 0. The van der Waals surface area contributed by atoms with E-state index in [0.717, 1.165) is 18.6 Å². The molecule has 0 atom stereocenters. The van der Waals surface area contributed by atoms with Crippen LogP contribution in [0.3, 0.4) is 0 Å². The molecule has 0 fully saturated rings. The minimum atomic E-state index is -1.77. The van der Waals surface area contributed by atoms with Crippen molar-refractivity contribution in [1.82, 2.24) is 0 Å². The van der Waals surface area contributed by atoms with E-state index < -0.39 is 7.67 Å². The molecule has 0 amide bonds. The van der Waals surface area contributed by atoms with Crippen LogP contribution in [0.25, 0.3) is 0 Å². The first-order valence-electron chi connectivity index (χ1n) is 2.46. The monoisotopic (exact) mass is 194 g/mol. The Hall–Kier alpha value is 1.22. The van der Waals surface area contributed by atoms with Gasteiger partial charge in [0.2, 0.25) is 0 Å². The maximum Gasteiger partial charge on any atom is 0.0164 e. The Morgan fingerprint density at radius 2 is 1.75 bits per heavy atom. The van der Waals surface area contributed by atoms with Crippen LogP contribution in [-0.4, -0.2) is 5.75 Å². The summed E-state index contributed by atoms with van der Waals surface area (Å²) in [5.74, 6) is 0.744. The minimum Gasteiger partial charge on any atom is -0.0654 e. The number of rotatable bonds is 3.